The standard InChI is InChI=1S/C24H26N4O/c29-24(12-6-9-20-17-27-22-11-5-4-10-21(20)22)26-14-13-23-25-15-16-28(23)18-19-7-2-1-3-8-19/h1-5,7-8,10-11,15-17,27H,6,9,12-14,18H2,(H,26,29). The second kappa shape index (κ2) is 9.24. The molecule has 5 heteroatoms. The molecule has 0 radical (unpaired) electrons. The molecule has 4 aromatic rings. The Balaban J connectivity index is 1.20. The lowest BCUT2D eigenvalue weighted by Gasteiger charge is -2.09. The number of amides is 1. The van der Waals surface area contributed by atoms with E-state index in [9.17, 15) is 4.79 Å². The predicted octanol–water partition coefficient (Wildman–Crippen LogP) is 4.09. The van der Waals surface area contributed by atoms with Crippen molar-refractivity contribution in [2.75, 3.05) is 6.54 Å². The Hall–Kier alpha value is -3.34. The number of carbonyl (C=O) groups is 1. The average molecular weight is 386 g/mol. The molecule has 4 rings (SSSR count). The molecule has 0 atom stereocenters. The van der Waals surface area contributed by atoms with Crippen LogP contribution >= 0.6 is 0 Å². The van der Waals surface area contributed by atoms with Gasteiger partial charge in [0.05, 0.1) is 0 Å². The first-order valence-corrected chi connectivity index (χ1v) is 10.2. The summed E-state index contributed by atoms with van der Waals surface area (Å²) < 4.78 is 2.14. The Morgan fingerprint density at radius 2 is 1.86 bits per heavy atom. The Bertz CT molecular complexity index is 1060. The molecule has 0 saturated heterocycles. The highest BCUT2D eigenvalue weighted by Crippen LogP contribution is 2.19. The third kappa shape index (κ3) is 4.93. The van der Waals surface area contributed by atoms with Crippen molar-refractivity contribution in [2.45, 2.75) is 32.2 Å². The van der Waals surface area contributed by atoms with Crippen molar-refractivity contribution >= 4 is 16.8 Å². The van der Waals surface area contributed by atoms with E-state index in [1.807, 2.05) is 42.7 Å². The maximum Gasteiger partial charge on any atom is 0.220 e. The minimum absolute atomic E-state index is 0.103. The summed E-state index contributed by atoms with van der Waals surface area (Å²) in [5, 5.41) is 4.28. The number of aromatic amines is 1. The van der Waals surface area contributed by atoms with Gasteiger partial charge in [0.2, 0.25) is 5.91 Å². The Morgan fingerprint density at radius 3 is 2.76 bits per heavy atom. The number of H-pyrrole nitrogens is 1. The van der Waals surface area contributed by atoms with Gasteiger partial charge in [-0.1, -0.05) is 48.5 Å². The number of hydrogen-bond acceptors (Lipinski definition) is 2. The van der Waals surface area contributed by atoms with Gasteiger partial charge in [-0.05, 0) is 30.0 Å². The summed E-state index contributed by atoms with van der Waals surface area (Å²) in [4.78, 5) is 19.9. The van der Waals surface area contributed by atoms with Crippen LogP contribution in [0.4, 0.5) is 0 Å². The summed E-state index contributed by atoms with van der Waals surface area (Å²) in [5.74, 6) is 1.10. The van der Waals surface area contributed by atoms with Crippen LogP contribution in [0.15, 0.2) is 73.2 Å². The molecular weight excluding hydrogens is 360 g/mol. The summed E-state index contributed by atoms with van der Waals surface area (Å²) in [7, 11) is 0. The van der Waals surface area contributed by atoms with Crippen LogP contribution in [0.25, 0.3) is 10.9 Å². The minimum Gasteiger partial charge on any atom is -0.361 e. The lowest BCUT2D eigenvalue weighted by molar-refractivity contribution is -0.121. The summed E-state index contributed by atoms with van der Waals surface area (Å²) in [6, 6.07) is 18.6. The molecule has 0 spiro atoms. The van der Waals surface area contributed by atoms with E-state index in [4.69, 9.17) is 0 Å². The number of fused-ring (bicyclic) bond motifs is 1. The molecule has 5 nitrogen and oxygen atoms in total. The van der Waals surface area contributed by atoms with Crippen molar-refractivity contribution in [3.63, 3.8) is 0 Å². The first-order valence-electron chi connectivity index (χ1n) is 10.2. The van der Waals surface area contributed by atoms with Gasteiger partial charge < -0.3 is 14.9 Å². The fourth-order valence-corrected chi connectivity index (χ4v) is 3.67. The fourth-order valence-electron chi connectivity index (χ4n) is 3.67. The molecule has 0 fully saturated rings. The van der Waals surface area contributed by atoms with Crippen LogP contribution in [0, 0.1) is 0 Å². The maximum absolute atomic E-state index is 12.2. The average Bonchev–Trinajstić information content (AvgIpc) is 3.36. The van der Waals surface area contributed by atoms with Gasteiger partial charge in [0.1, 0.15) is 5.82 Å². The third-order valence-corrected chi connectivity index (χ3v) is 5.19. The quantitative estimate of drug-likeness (QED) is 0.455. The van der Waals surface area contributed by atoms with Gasteiger partial charge in [-0.2, -0.15) is 0 Å². The second-order valence-electron chi connectivity index (χ2n) is 7.27. The number of rotatable bonds is 9. The van der Waals surface area contributed by atoms with Crippen molar-refractivity contribution < 1.29 is 4.79 Å². The number of hydrogen-bond donors (Lipinski definition) is 2. The predicted molar refractivity (Wildman–Crippen MR) is 116 cm³/mol. The van der Waals surface area contributed by atoms with Crippen LogP contribution in [-0.2, 0) is 24.2 Å². The Morgan fingerprint density at radius 1 is 1.03 bits per heavy atom. The molecule has 2 N–H and O–H groups in total. The number of aryl methyl sites for hydroxylation is 1. The lowest BCUT2D eigenvalue weighted by atomic mass is 10.1. The van der Waals surface area contributed by atoms with E-state index in [2.05, 4.69) is 50.3 Å². The lowest BCUT2D eigenvalue weighted by Crippen LogP contribution is -2.26. The zero-order chi connectivity index (χ0) is 19.9. The number of nitrogens with one attached hydrogen (secondary N) is 2. The molecule has 0 aliphatic rings. The van der Waals surface area contributed by atoms with E-state index in [-0.39, 0.29) is 5.91 Å². The van der Waals surface area contributed by atoms with Crippen LogP contribution < -0.4 is 5.32 Å². The third-order valence-electron chi connectivity index (χ3n) is 5.19. The van der Waals surface area contributed by atoms with E-state index in [0.717, 1.165) is 37.1 Å². The number of nitrogens with zero attached hydrogens (tertiary/aromatic N) is 2. The molecule has 2 aromatic heterocycles. The van der Waals surface area contributed by atoms with Gasteiger partial charge in [0.15, 0.2) is 0 Å². The molecular formula is C24H26N4O. The number of benzene rings is 2. The smallest absolute Gasteiger partial charge is 0.220 e. The summed E-state index contributed by atoms with van der Waals surface area (Å²) >= 11 is 0. The zero-order valence-electron chi connectivity index (χ0n) is 16.5. The molecule has 148 valence electrons. The van der Waals surface area contributed by atoms with Gasteiger partial charge in [-0.3, -0.25) is 4.79 Å². The normalized spacial score (nSPS) is 11.0. The Labute approximate surface area is 170 Å². The van der Waals surface area contributed by atoms with E-state index >= 15 is 0 Å². The van der Waals surface area contributed by atoms with Gasteiger partial charge in [0, 0.05) is 55.4 Å². The van der Waals surface area contributed by atoms with Crippen LogP contribution in [0.5, 0.6) is 0 Å². The van der Waals surface area contributed by atoms with E-state index in [0.29, 0.717) is 13.0 Å². The molecule has 2 heterocycles. The Kier molecular flexibility index (Phi) is 6.05. The van der Waals surface area contributed by atoms with E-state index in [1.165, 1.54) is 16.5 Å². The molecule has 1 amide bonds. The van der Waals surface area contributed by atoms with Crippen LogP contribution in [0.1, 0.15) is 29.8 Å². The second-order valence-corrected chi connectivity index (χ2v) is 7.27. The van der Waals surface area contributed by atoms with Crippen molar-refractivity contribution in [3.05, 3.63) is 90.1 Å². The van der Waals surface area contributed by atoms with Gasteiger partial charge in [-0.15, -0.1) is 0 Å². The summed E-state index contributed by atoms with van der Waals surface area (Å²) in [6.07, 6.45) is 8.88. The molecule has 0 unspecified atom stereocenters. The largest absolute Gasteiger partial charge is 0.361 e. The first-order chi connectivity index (χ1) is 14.3. The topological polar surface area (TPSA) is 62.7 Å². The van der Waals surface area contributed by atoms with Gasteiger partial charge in [0.25, 0.3) is 0 Å². The minimum atomic E-state index is 0.103. The highest BCUT2D eigenvalue weighted by molar-refractivity contribution is 5.83. The fraction of sp³-hybridized carbons (Fsp3) is 0.250. The number of imidazole rings is 1. The molecule has 2 aromatic carbocycles. The monoisotopic (exact) mass is 386 g/mol. The first kappa shape index (κ1) is 19.0. The summed E-state index contributed by atoms with van der Waals surface area (Å²) in [5.41, 5.74) is 3.67. The SMILES string of the molecule is O=C(CCCc1c[nH]c2ccccc12)NCCc1nccn1Cc1ccccc1. The van der Waals surface area contributed by atoms with Gasteiger partial charge >= 0.3 is 0 Å². The molecule has 29 heavy (non-hydrogen) atoms. The van der Waals surface area contributed by atoms with E-state index in [1.54, 1.807) is 0 Å². The highest BCUT2D eigenvalue weighted by Gasteiger charge is 2.07. The molecule has 0 aliphatic carbocycles. The van der Waals surface area contributed by atoms with Crippen molar-refractivity contribution in [1.29, 1.82) is 0 Å². The molecule has 0 aliphatic heterocycles. The van der Waals surface area contributed by atoms with Gasteiger partial charge in [-0.25, -0.2) is 4.98 Å². The van der Waals surface area contributed by atoms with Crippen molar-refractivity contribution in [2.24, 2.45) is 0 Å². The number of para-hydroxylation sites is 1. The zero-order valence-corrected chi connectivity index (χ0v) is 16.5. The number of carbonyl (C=O) groups excluding carboxylic acids is 1. The van der Waals surface area contributed by atoms with Crippen LogP contribution in [-0.4, -0.2) is 27.0 Å². The maximum atomic E-state index is 12.2. The molecule has 0 bridgehead atoms. The van der Waals surface area contributed by atoms with E-state index < -0.39 is 0 Å². The summed E-state index contributed by atoms with van der Waals surface area (Å²) in [6.45, 7) is 1.41. The van der Waals surface area contributed by atoms with Crippen molar-refractivity contribution in [1.82, 2.24) is 19.9 Å². The van der Waals surface area contributed by atoms with Crippen molar-refractivity contribution in [3.8, 4) is 0 Å². The molecule has 0 saturated carbocycles. The number of aromatic nitrogens is 3. The van der Waals surface area contributed by atoms with Crippen LogP contribution in [0.3, 0.4) is 0 Å². The highest BCUT2D eigenvalue weighted by atomic mass is 16.1. The van der Waals surface area contributed by atoms with Crippen LogP contribution in [0.2, 0.25) is 0 Å².